The molecule has 1 saturated heterocycles. The summed E-state index contributed by atoms with van der Waals surface area (Å²) in [5, 5.41) is 0. The predicted octanol–water partition coefficient (Wildman–Crippen LogP) is 3.18. The van der Waals surface area contributed by atoms with E-state index in [1.54, 1.807) is 36.3 Å². The van der Waals surface area contributed by atoms with Crippen molar-refractivity contribution in [3.8, 4) is 0 Å². The third-order valence-corrected chi connectivity index (χ3v) is 4.30. The van der Waals surface area contributed by atoms with Crippen molar-refractivity contribution in [3.63, 3.8) is 0 Å². The Morgan fingerprint density at radius 2 is 1.76 bits per heavy atom. The Labute approximate surface area is 147 Å². The highest BCUT2D eigenvalue weighted by Gasteiger charge is 2.39. The van der Waals surface area contributed by atoms with Gasteiger partial charge in [0.05, 0.1) is 18.2 Å². The van der Waals surface area contributed by atoms with Crippen molar-refractivity contribution in [2.75, 3.05) is 13.7 Å². The molecule has 2 aromatic carbocycles. The van der Waals surface area contributed by atoms with Crippen molar-refractivity contribution in [2.24, 2.45) is 0 Å². The fourth-order valence-corrected chi connectivity index (χ4v) is 3.10. The monoisotopic (exact) mass is 339 g/mol. The van der Waals surface area contributed by atoms with Crippen LogP contribution in [0.5, 0.6) is 0 Å². The Kier molecular flexibility index (Phi) is 5.46. The first-order chi connectivity index (χ1) is 12.2. The molecule has 1 heterocycles. The number of carbonyl (C=O) groups excluding carboxylic acids is 2. The van der Waals surface area contributed by atoms with E-state index < -0.39 is 12.2 Å². The number of hydrogen-bond donors (Lipinski definition) is 0. The average molecular weight is 339 g/mol. The smallest absolute Gasteiger partial charge is 0.340 e. The molecule has 2 atom stereocenters. The number of ether oxygens (including phenoxy) is 2. The van der Waals surface area contributed by atoms with Gasteiger partial charge in [-0.2, -0.15) is 0 Å². The number of likely N-dealkylation sites (tertiary alicyclic amines) is 1. The van der Waals surface area contributed by atoms with Crippen LogP contribution in [0.4, 0.5) is 0 Å². The molecule has 0 bridgehead atoms. The molecule has 0 aromatic heterocycles. The minimum absolute atomic E-state index is 0.0308. The average Bonchev–Trinajstić information content (AvgIpc) is 3.01. The van der Waals surface area contributed by atoms with E-state index in [0.717, 1.165) is 5.56 Å². The summed E-state index contributed by atoms with van der Waals surface area (Å²) < 4.78 is 11.0. The molecule has 0 spiro atoms. The van der Waals surface area contributed by atoms with Gasteiger partial charge >= 0.3 is 5.97 Å². The van der Waals surface area contributed by atoms with Gasteiger partial charge in [0.15, 0.2) is 6.23 Å². The number of methoxy groups -OCH3 is 1. The fraction of sp³-hybridized carbons (Fsp3) is 0.300. The highest BCUT2D eigenvalue weighted by atomic mass is 16.6. The Hall–Kier alpha value is -2.66. The second-order valence-electron chi connectivity index (χ2n) is 5.95. The quantitative estimate of drug-likeness (QED) is 0.759. The molecule has 5 nitrogen and oxygen atoms in total. The number of carbonyl (C=O) groups is 2. The molecule has 1 aliphatic rings. The van der Waals surface area contributed by atoms with Crippen LogP contribution in [0, 0.1) is 0 Å². The number of benzene rings is 2. The van der Waals surface area contributed by atoms with Gasteiger partial charge in [-0.3, -0.25) is 9.69 Å². The van der Waals surface area contributed by atoms with Crippen molar-refractivity contribution in [2.45, 2.75) is 25.1 Å². The zero-order valence-corrected chi connectivity index (χ0v) is 14.1. The molecule has 0 radical (unpaired) electrons. The SMILES string of the molecule is COC[C@@H](c1ccccc1)N1C(=O)CCC1OC(=O)c1ccccc1. The third kappa shape index (κ3) is 3.88. The number of nitrogens with zero attached hydrogens (tertiary/aromatic N) is 1. The molecule has 1 unspecified atom stereocenters. The number of rotatable bonds is 6. The first-order valence-corrected chi connectivity index (χ1v) is 8.32. The lowest BCUT2D eigenvalue weighted by Crippen LogP contribution is -2.41. The largest absolute Gasteiger partial charge is 0.438 e. The highest BCUT2D eigenvalue weighted by molar-refractivity contribution is 5.90. The number of hydrogen-bond acceptors (Lipinski definition) is 4. The van der Waals surface area contributed by atoms with E-state index in [-0.39, 0.29) is 11.9 Å². The van der Waals surface area contributed by atoms with Crippen LogP contribution in [0.3, 0.4) is 0 Å². The van der Waals surface area contributed by atoms with Gasteiger partial charge in [0.25, 0.3) is 0 Å². The van der Waals surface area contributed by atoms with Crippen molar-refractivity contribution >= 4 is 11.9 Å². The van der Waals surface area contributed by atoms with Crippen molar-refractivity contribution in [1.82, 2.24) is 4.90 Å². The number of esters is 1. The first-order valence-electron chi connectivity index (χ1n) is 8.32. The molecule has 5 heteroatoms. The topological polar surface area (TPSA) is 55.8 Å². The van der Waals surface area contributed by atoms with Gasteiger partial charge in [0, 0.05) is 20.0 Å². The van der Waals surface area contributed by atoms with E-state index in [1.165, 1.54) is 0 Å². The van der Waals surface area contributed by atoms with E-state index >= 15 is 0 Å². The molecule has 0 aliphatic carbocycles. The van der Waals surface area contributed by atoms with E-state index in [1.807, 2.05) is 36.4 Å². The summed E-state index contributed by atoms with van der Waals surface area (Å²) in [5.41, 5.74) is 1.44. The van der Waals surface area contributed by atoms with Gasteiger partial charge in [-0.25, -0.2) is 4.79 Å². The summed E-state index contributed by atoms with van der Waals surface area (Å²) in [6.07, 6.45) is 0.269. The van der Waals surface area contributed by atoms with Crippen LogP contribution < -0.4 is 0 Å². The lowest BCUT2D eigenvalue weighted by atomic mass is 10.1. The van der Waals surface area contributed by atoms with Gasteiger partial charge < -0.3 is 9.47 Å². The Morgan fingerprint density at radius 3 is 2.40 bits per heavy atom. The molecule has 130 valence electrons. The summed E-state index contributed by atoms with van der Waals surface area (Å²) in [7, 11) is 1.60. The van der Waals surface area contributed by atoms with Gasteiger partial charge in [-0.15, -0.1) is 0 Å². The van der Waals surface area contributed by atoms with Crippen molar-refractivity contribution < 1.29 is 19.1 Å². The van der Waals surface area contributed by atoms with Crippen molar-refractivity contribution in [1.29, 1.82) is 0 Å². The minimum Gasteiger partial charge on any atom is -0.438 e. The van der Waals surface area contributed by atoms with Crippen LogP contribution in [0.1, 0.15) is 34.8 Å². The molecule has 1 amide bonds. The maximum Gasteiger partial charge on any atom is 0.340 e. The molecular formula is C20H21NO4. The predicted molar refractivity (Wildman–Crippen MR) is 92.8 cm³/mol. The van der Waals surface area contributed by atoms with Crippen LogP contribution >= 0.6 is 0 Å². The van der Waals surface area contributed by atoms with E-state index in [0.29, 0.717) is 25.0 Å². The molecule has 25 heavy (non-hydrogen) atoms. The summed E-state index contributed by atoms with van der Waals surface area (Å²) in [6.45, 7) is 0.342. The lowest BCUT2D eigenvalue weighted by molar-refractivity contribution is -0.139. The summed E-state index contributed by atoms with van der Waals surface area (Å²) >= 11 is 0. The van der Waals surface area contributed by atoms with Crippen LogP contribution in [-0.4, -0.2) is 36.7 Å². The van der Waals surface area contributed by atoms with E-state index in [4.69, 9.17) is 9.47 Å². The maximum atomic E-state index is 12.5. The van der Waals surface area contributed by atoms with Gasteiger partial charge in [-0.05, 0) is 17.7 Å². The summed E-state index contributed by atoms with van der Waals surface area (Å²) in [4.78, 5) is 26.5. The van der Waals surface area contributed by atoms with E-state index in [9.17, 15) is 9.59 Å². The van der Waals surface area contributed by atoms with Crippen molar-refractivity contribution in [3.05, 3.63) is 71.8 Å². The maximum absolute atomic E-state index is 12.5. The summed E-state index contributed by atoms with van der Waals surface area (Å²) in [5.74, 6) is -0.453. The normalized spacial score (nSPS) is 18.2. The Bertz CT molecular complexity index is 717. The number of amides is 1. The molecule has 0 N–H and O–H groups in total. The zero-order valence-electron chi connectivity index (χ0n) is 14.1. The van der Waals surface area contributed by atoms with Crippen LogP contribution in [0.25, 0.3) is 0 Å². The van der Waals surface area contributed by atoms with Crippen LogP contribution in [0.2, 0.25) is 0 Å². The zero-order chi connectivity index (χ0) is 17.6. The minimum atomic E-state index is -0.583. The van der Waals surface area contributed by atoms with Gasteiger partial charge in [0.1, 0.15) is 0 Å². The fourth-order valence-electron chi connectivity index (χ4n) is 3.10. The van der Waals surface area contributed by atoms with Gasteiger partial charge in [0.2, 0.25) is 5.91 Å². The van der Waals surface area contributed by atoms with Crippen LogP contribution in [0.15, 0.2) is 60.7 Å². The van der Waals surface area contributed by atoms with E-state index in [2.05, 4.69) is 0 Å². The third-order valence-electron chi connectivity index (χ3n) is 4.30. The second-order valence-corrected chi connectivity index (χ2v) is 5.95. The molecule has 1 aliphatic heterocycles. The van der Waals surface area contributed by atoms with Crippen LogP contribution in [-0.2, 0) is 14.3 Å². The first kappa shape index (κ1) is 17.2. The standard InChI is InChI=1S/C20H21NO4/c1-24-14-17(15-8-4-2-5-9-15)21-18(22)12-13-19(21)25-20(23)16-10-6-3-7-11-16/h2-11,17,19H,12-14H2,1H3/t17-,19?/m0/s1. The molecule has 1 fully saturated rings. The molecular weight excluding hydrogens is 318 g/mol. The van der Waals surface area contributed by atoms with Gasteiger partial charge in [-0.1, -0.05) is 48.5 Å². The lowest BCUT2D eigenvalue weighted by Gasteiger charge is -2.32. The second kappa shape index (κ2) is 7.94. The highest BCUT2D eigenvalue weighted by Crippen LogP contribution is 2.31. The molecule has 3 rings (SSSR count). The summed E-state index contributed by atoms with van der Waals surface area (Å²) in [6, 6.07) is 18.2. The molecule has 0 saturated carbocycles. The Balaban J connectivity index is 1.81. The Morgan fingerprint density at radius 1 is 1.12 bits per heavy atom. The molecule has 2 aromatic rings.